The summed E-state index contributed by atoms with van der Waals surface area (Å²) in [6.07, 6.45) is 3.63. The Balaban J connectivity index is 1.94. The molecule has 6 nitrogen and oxygen atoms in total. The highest BCUT2D eigenvalue weighted by Crippen LogP contribution is 2.48. The van der Waals surface area contributed by atoms with Crippen molar-refractivity contribution in [3.63, 3.8) is 0 Å². The van der Waals surface area contributed by atoms with Crippen molar-refractivity contribution in [2.75, 3.05) is 32.7 Å². The van der Waals surface area contributed by atoms with Crippen molar-refractivity contribution in [1.29, 1.82) is 0 Å². The molecule has 1 heterocycles. The SMILES string of the molecule is CCN(CC)C(CNC(=O)N1C[C@@H]2CCC[C@@]2(C(=O)O)C1)CC(C)C. The number of nitrogens with one attached hydrogen (secondary N) is 1. The molecule has 2 aliphatic rings. The lowest BCUT2D eigenvalue weighted by molar-refractivity contribution is -0.149. The average molecular weight is 354 g/mol. The molecule has 1 saturated carbocycles. The maximum atomic E-state index is 12.6. The second kappa shape index (κ2) is 8.39. The van der Waals surface area contributed by atoms with Crippen LogP contribution >= 0.6 is 0 Å². The highest BCUT2D eigenvalue weighted by molar-refractivity contribution is 5.80. The summed E-state index contributed by atoms with van der Waals surface area (Å²) in [6, 6.07) is 0.227. The summed E-state index contributed by atoms with van der Waals surface area (Å²) in [5.41, 5.74) is -0.701. The predicted molar refractivity (Wildman–Crippen MR) is 98.5 cm³/mol. The molecular formula is C19H35N3O3. The minimum Gasteiger partial charge on any atom is -0.481 e. The van der Waals surface area contributed by atoms with Gasteiger partial charge in [-0.3, -0.25) is 9.69 Å². The standard InChI is InChI=1S/C19H35N3O3/c1-5-21(6-2)16(10-14(3)4)11-20-18(25)22-12-15-8-7-9-19(15,13-22)17(23)24/h14-16H,5-13H2,1-4H3,(H,20,25)(H,23,24)/t15-,16?,19+/m0/s1. The van der Waals surface area contributed by atoms with E-state index in [1.54, 1.807) is 4.90 Å². The number of amides is 2. The number of likely N-dealkylation sites (N-methyl/N-ethyl adjacent to an activating group) is 1. The van der Waals surface area contributed by atoms with Gasteiger partial charge in [0.1, 0.15) is 0 Å². The van der Waals surface area contributed by atoms with Crippen LogP contribution in [-0.2, 0) is 4.79 Å². The fourth-order valence-electron chi connectivity index (χ4n) is 4.76. The summed E-state index contributed by atoms with van der Waals surface area (Å²) in [6.45, 7) is 12.2. The highest BCUT2D eigenvalue weighted by Gasteiger charge is 2.55. The molecule has 2 fully saturated rings. The van der Waals surface area contributed by atoms with Crippen LogP contribution < -0.4 is 5.32 Å². The van der Waals surface area contributed by atoms with E-state index < -0.39 is 11.4 Å². The Morgan fingerprint density at radius 3 is 2.52 bits per heavy atom. The van der Waals surface area contributed by atoms with E-state index in [1.165, 1.54) is 0 Å². The smallest absolute Gasteiger partial charge is 0.317 e. The van der Waals surface area contributed by atoms with Crippen molar-refractivity contribution in [1.82, 2.24) is 15.1 Å². The van der Waals surface area contributed by atoms with Crippen molar-refractivity contribution in [2.45, 2.75) is 59.4 Å². The van der Waals surface area contributed by atoms with Gasteiger partial charge < -0.3 is 15.3 Å². The first kappa shape index (κ1) is 20.0. The molecule has 3 atom stereocenters. The minimum absolute atomic E-state index is 0.101. The molecule has 1 aliphatic heterocycles. The summed E-state index contributed by atoms with van der Waals surface area (Å²) in [5, 5.41) is 12.7. The summed E-state index contributed by atoms with van der Waals surface area (Å²) >= 11 is 0. The number of hydrogen-bond donors (Lipinski definition) is 2. The van der Waals surface area contributed by atoms with Gasteiger partial charge in [0.05, 0.1) is 5.41 Å². The summed E-state index contributed by atoms with van der Waals surface area (Å²) in [4.78, 5) is 28.5. The number of fused-ring (bicyclic) bond motifs is 1. The van der Waals surface area contributed by atoms with E-state index >= 15 is 0 Å². The molecule has 1 aliphatic carbocycles. The van der Waals surface area contributed by atoms with Gasteiger partial charge >= 0.3 is 12.0 Å². The van der Waals surface area contributed by atoms with Crippen molar-refractivity contribution in [3.8, 4) is 0 Å². The second-order valence-corrected chi connectivity index (χ2v) is 8.12. The molecule has 0 spiro atoms. The lowest BCUT2D eigenvalue weighted by Gasteiger charge is -2.32. The Labute approximate surface area is 151 Å². The molecule has 2 rings (SSSR count). The number of urea groups is 1. The molecule has 2 amide bonds. The maximum Gasteiger partial charge on any atom is 0.317 e. The normalized spacial score (nSPS) is 27.0. The molecule has 1 unspecified atom stereocenters. The molecular weight excluding hydrogens is 318 g/mol. The lowest BCUT2D eigenvalue weighted by Crippen LogP contribution is -2.48. The van der Waals surface area contributed by atoms with Crippen LogP contribution in [0, 0.1) is 17.3 Å². The zero-order valence-electron chi connectivity index (χ0n) is 16.3. The Morgan fingerprint density at radius 1 is 1.32 bits per heavy atom. The Bertz CT molecular complexity index is 479. The third kappa shape index (κ3) is 4.27. The Kier molecular flexibility index (Phi) is 6.72. The topological polar surface area (TPSA) is 72.9 Å². The van der Waals surface area contributed by atoms with Crippen LogP contribution in [0.4, 0.5) is 4.79 Å². The summed E-state index contributed by atoms with van der Waals surface area (Å²) in [7, 11) is 0. The molecule has 25 heavy (non-hydrogen) atoms. The number of carboxylic acid groups (broad SMARTS) is 1. The second-order valence-electron chi connectivity index (χ2n) is 8.12. The quantitative estimate of drug-likeness (QED) is 0.704. The monoisotopic (exact) mass is 353 g/mol. The first-order chi connectivity index (χ1) is 11.8. The molecule has 0 aromatic carbocycles. The highest BCUT2D eigenvalue weighted by atomic mass is 16.4. The Hall–Kier alpha value is -1.30. The van der Waals surface area contributed by atoms with Gasteiger partial charge in [-0.15, -0.1) is 0 Å². The van der Waals surface area contributed by atoms with E-state index in [2.05, 4.69) is 37.9 Å². The van der Waals surface area contributed by atoms with Gasteiger partial charge in [0.25, 0.3) is 0 Å². The number of rotatable bonds is 8. The fraction of sp³-hybridized carbons (Fsp3) is 0.895. The number of nitrogens with zero attached hydrogens (tertiary/aromatic N) is 2. The summed E-state index contributed by atoms with van der Waals surface area (Å²) < 4.78 is 0. The molecule has 6 heteroatoms. The molecule has 0 aromatic heterocycles. The molecule has 0 bridgehead atoms. The van der Waals surface area contributed by atoms with E-state index in [0.29, 0.717) is 38.0 Å². The lowest BCUT2D eigenvalue weighted by atomic mass is 9.81. The van der Waals surface area contributed by atoms with Crippen molar-refractivity contribution < 1.29 is 14.7 Å². The van der Waals surface area contributed by atoms with E-state index in [1.807, 2.05) is 0 Å². The minimum atomic E-state index is -0.730. The zero-order valence-corrected chi connectivity index (χ0v) is 16.3. The van der Waals surface area contributed by atoms with Gasteiger partial charge in [-0.2, -0.15) is 0 Å². The number of aliphatic carboxylic acids is 1. The van der Waals surface area contributed by atoms with E-state index in [0.717, 1.165) is 32.4 Å². The van der Waals surface area contributed by atoms with Crippen LogP contribution in [0.2, 0.25) is 0 Å². The predicted octanol–water partition coefficient (Wildman–Crippen LogP) is 2.64. The van der Waals surface area contributed by atoms with Gasteiger partial charge in [-0.25, -0.2) is 4.79 Å². The van der Waals surface area contributed by atoms with Crippen LogP contribution in [0.1, 0.15) is 53.4 Å². The Morgan fingerprint density at radius 2 is 2.00 bits per heavy atom. The number of carboxylic acids is 1. The third-order valence-electron chi connectivity index (χ3n) is 6.15. The van der Waals surface area contributed by atoms with Crippen LogP contribution in [0.25, 0.3) is 0 Å². The van der Waals surface area contributed by atoms with Crippen LogP contribution in [0.15, 0.2) is 0 Å². The largest absolute Gasteiger partial charge is 0.481 e. The molecule has 0 radical (unpaired) electrons. The van der Waals surface area contributed by atoms with Crippen molar-refractivity contribution >= 4 is 12.0 Å². The summed E-state index contributed by atoms with van der Waals surface area (Å²) in [5.74, 6) is -0.0416. The number of carbonyl (C=O) groups excluding carboxylic acids is 1. The number of hydrogen-bond acceptors (Lipinski definition) is 3. The van der Waals surface area contributed by atoms with Crippen molar-refractivity contribution in [3.05, 3.63) is 0 Å². The zero-order chi connectivity index (χ0) is 18.6. The molecule has 1 saturated heterocycles. The molecule has 144 valence electrons. The third-order valence-corrected chi connectivity index (χ3v) is 6.15. The van der Waals surface area contributed by atoms with Gasteiger partial charge in [-0.05, 0) is 44.2 Å². The van der Waals surface area contributed by atoms with Crippen LogP contribution in [0.5, 0.6) is 0 Å². The van der Waals surface area contributed by atoms with E-state index in [9.17, 15) is 14.7 Å². The van der Waals surface area contributed by atoms with Gasteiger partial charge in [0, 0.05) is 25.7 Å². The van der Waals surface area contributed by atoms with Crippen LogP contribution in [-0.4, -0.2) is 65.7 Å². The number of likely N-dealkylation sites (tertiary alicyclic amines) is 1. The fourth-order valence-corrected chi connectivity index (χ4v) is 4.76. The van der Waals surface area contributed by atoms with Gasteiger partial charge in [0.15, 0.2) is 0 Å². The molecule has 2 N–H and O–H groups in total. The van der Waals surface area contributed by atoms with Crippen molar-refractivity contribution in [2.24, 2.45) is 17.3 Å². The molecule has 0 aromatic rings. The van der Waals surface area contributed by atoms with E-state index in [-0.39, 0.29) is 11.9 Å². The maximum absolute atomic E-state index is 12.6. The number of carbonyl (C=O) groups is 2. The first-order valence-electron chi connectivity index (χ1n) is 9.84. The van der Waals surface area contributed by atoms with Crippen LogP contribution in [0.3, 0.4) is 0 Å². The van der Waals surface area contributed by atoms with E-state index in [4.69, 9.17) is 0 Å². The van der Waals surface area contributed by atoms with Gasteiger partial charge in [0.2, 0.25) is 0 Å². The average Bonchev–Trinajstić information content (AvgIpc) is 3.11. The van der Waals surface area contributed by atoms with Gasteiger partial charge in [-0.1, -0.05) is 34.1 Å². The first-order valence-corrected chi connectivity index (χ1v) is 9.84.